The Morgan fingerprint density at radius 2 is 1.73 bits per heavy atom. The number of ether oxygens (including phenoxy) is 3. The minimum atomic E-state index is -0.374. The van der Waals surface area contributed by atoms with Crippen LogP contribution in [-0.2, 0) is 6.61 Å². The molecule has 0 fully saturated rings. The van der Waals surface area contributed by atoms with Crippen LogP contribution in [0, 0.1) is 0 Å². The van der Waals surface area contributed by atoms with Crippen molar-refractivity contribution in [3.63, 3.8) is 0 Å². The quantitative estimate of drug-likeness (QED) is 0.276. The second-order valence-electron chi connectivity index (χ2n) is 7.02. The van der Waals surface area contributed by atoms with Crippen LogP contribution in [0.1, 0.15) is 34.8 Å². The van der Waals surface area contributed by atoms with Crippen LogP contribution in [0.2, 0.25) is 10.0 Å². The molecule has 1 N–H and O–H groups in total. The molecule has 0 aliphatic carbocycles. The van der Waals surface area contributed by atoms with E-state index in [1.54, 1.807) is 48.5 Å². The van der Waals surface area contributed by atoms with Crippen molar-refractivity contribution in [3.8, 4) is 17.2 Å². The van der Waals surface area contributed by atoms with E-state index in [-0.39, 0.29) is 5.91 Å². The lowest BCUT2D eigenvalue weighted by molar-refractivity contribution is 0.0954. The van der Waals surface area contributed by atoms with Crippen LogP contribution < -0.4 is 19.6 Å². The normalized spacial score (nSPS) is 10.8. The number of hydrogen-bond donors (Lipinski definition) is 1. The Labute approximate surface area is 203 Å². The molecule has 0 aliphatic rings. The van der Waals surface area contributed by atoms with Gasteiger partial charge in [0.05, 0.1) is 25.0 Å². The van der Waals surface area contributed by atoms with Crippen molar-refractivity contribution in [3.05, 3.63) is 87.4 Å². The average molecular weight is 487 g/mol. The molecule has 0 aromatic heterocycles. The standard InChI is InChI=1S/C25H24Cl2N2O4/c1-3-12-32-23-11-7-19(14-24(23)31-2)25(30)29-28-15-18-6-10-22(21(27)13-18)33-16-17-4-8-20(26)9-5-17/h4-11,13-15H,3,12,16H2,1-2H3,(H,29,30)/b28-15+. The first kappa shape index (κ1) is 24.4. The number of amides is 1. The molecule has 6 nitrogen and oxygen atoms in total. The lowest BCUT2D eigenvalue weighted by Crippen LogP contribution is -2.17. The Balaban J connectivity index is 1.57. The van der Waals surface area contributed by atoms with Gasteiger partial charge in [-0.15, -0.1) is 0 Å². The van der Waals surface area contributed by atoms with Gasteiger partial charge in [0.2, 0.25) is 0 Å². The highest BCUT2D eigenvalue weighted by molar-refractivity contribution is 6.32. The van der Waals surface area contributed by atoms with E-state index < -0.39 is 0 Å². The van der Waals surface area contributed by atoms with Crippen molar-refractivity contribution in [1.82, 2.24) is 5.43 Å². The smallest absolute Gasteiger partial charge is 0.271 e. The lowest BCUT2D eigenvalue weighted by Gasteiger charge is -2.11. The van der Waals surface area contributed by atoms with Crippen molar-refractivity contribution in [2.24, 2.45) is 5.10 Å². The Bertz CT molecular complexity index is 1120. The second-order valence-corrected chi connectivity index (χ2v) is 7.86. The van der Waals surface area contributed by atoms with Crippen molar-refractivity contribution in [2.45, 2.75) is 20.0 Å². The van der Waals surface area contributed by atoms with Crippen LogP contribution in [0.5, 0.6) is 17.2 Å². The fourth-order valence-corrected chi connectivity index (χ4v) is 3.20. The SMILES string of the molecule is CCCOc1ccc(C(=O)N/N=C/c2ccc(OCc3ccc(Cl)cc3)c(Cl)c2)cc1OC. The van der Waals surface area contributed by atoms with E-state index in [0.29, 0.717) is 51.6 Å². The number of hydrazone groups is 1. The summed E-state index contributed by atoms with van der Waals surface area (Å²) in [5.41, 5.74) is 4.58. The van der Waals surface area contributed by atoms with Gasteiger partial charge in [0.1, 0.15) is 12.4 Å². The molecule has 0 heterocycles. The summed E-state index contributed by atoms with van der Waals surface area (Å²) >= 11 is 12.2. The number of methoxy groups -OCH3 is 1. The summed E-state index contributed by atoms with van der Waals surface area (Å²) in [4.78, 5) is 12.4. The number of carbonyl (C=O) groups is 1. The van der Waals surface area contributed by atoms with Crippen molar-refractivity contribution in [2.75, 3.05) is 13.7 Å². The molecule has 33 heavy (non-hydrogen) atoms. The van der Waals surface area contributed by atoms with E-state index >= 15 is 0 Å². The van der Waals surface area contributed by atoms with E-state index in [2.05, 4.69) is 10.5 Å². The van der Waals surface area contributed by atoms with Gasteiger partial charge >= 0.3 is 0 Å². The van der Waals surface area contributed by atoms with Gasteiger partial charge in [-0.05, 0) is 66.1 Å². The molecule has 0 radical (unpaired) electrons. The molecule has 0 spiro atoms. The second kappa shape index (κ2) is 12.1. The third-order valence-corrected chi connectivity index (χ3v) is 5.08. The zero-order valence-electron chi connectivity index (χ0n) is 18.3. The number of nitrogens with one attached hydrogen (secondary N) is 1. The number of halogens is 2. The predicted octanol–water partition coefficient (Wildman–Crippen LogP) is 6.13. The van der Waals surface area contributed by atoms with Gasteiger partial charge < -0.3 is 14.2 Å². The Hall–Kier alpha value is -3.22. The van der Waals surface area contributed by atoms with Crippen molar-refractivity contribution >= 4 is 35.3 Å². The summed E-state index contributed by atoms with van der Waals surface area (Å²) in [5.74, 6) is 1.25. The van der Waals surface area contributed by atoms with Crippen LogP contribution >= 0.6 is 23.2 Å². The van der Waals surface area contributed by atoms with Crippen LogP contribution in [-0.4, -0.2) is 25.8 Å². The number of rotatable bonds is 10. The minimum Gasteiger partial charge on any atom is -0.493 e. The summed E-state index contributed by atoms with van der Waals surface area (Å²) < 4.78 is 16.7. The third kappa shape index (κ3) is 7.14. The molecule has 0 bridgehead atoms. The number of nitrogens with zero attached hydrogens (tertiary/aromatic N) is 1. The maximum absolute atomic E-state index is 12.4. The summed E-state index contributed by atoms with van der Waals surface area (Å²) in [7, 11) is 1.53. The summed E-state index contributed by atoms with van der Waals surface area (Å²) in [5, 5.41) is 5.12. The highest BCUT2D eigenvalue weighted by atomic mass is 35.5. The average Bonchev–Trinajstić information content (AvgIpc) is 2.83. The van der Waals surface area contributed by atoms with E-state index in [1.165, 1.54) is 13.3 Å². The van der Waals surface area contributed by atoms with E-state index in [4.69, 9.17) is 37.4 Å². The molecule has 8 heteroatoms. The Morgan fingerprint density at radius 1 is 0.970 bits per heavy atom. The highest BCUT2D eigenvalue weighted by Gasteiger charge is 2.11. The summed E-state index contributed by atoms with van der Waals surface area (Å²) in [6.07, 6.45) is 2.38. The van der Waals surface area contributed by atoms with Gasteiger partial charge in [0.15, 0.2) is 11.5 Å². The Kier molecular flexibility index (Phi) is 8.98. The first-order chi connectivity index (χ1) is 16.0. The molecule has 0 unspecified atom stereocenters. The highest BCUT2D eigenvalue weighted by Crippen LogP contribution is 2.28. The van der Waals surface area contributed by atoms with Gasteiger partial charge in [0, 0.05) is 10.6 Å². The molecule has 0 atom stereocenters. The minimum absolute atomic E-state index is 0.367. The molecule has 0 saturated carbocycles. The first-order valence-corrected chi connectivity index (χ1v) is 11.1. The van der Waals surface area contributed by atoms with E-state index in [0.717, 1.165) is 12.0 Å². The summed E-state index contributed by atoms with van der Waals surface area (Å²) in [6, 6.07) is 17.6. The monoisotopic (exact) mass is 486 g/mol. The van der Waals surface area contributed by atoms with Gasteiger partial charge in [-0.25, -0.2) is 5.43 Å². The van der Waals surface area contributed by atoms with Gasteiger partial charge in [-0.3, -0.25) is 4.79 Å². The molecular weight excluding hydrogens is 463 g/mol. The van der Waals surface area contributed by atoms with Crippen molar-refractivity contribution < 1.29 is 19.0 Å². The third-order valence-electron chi connectivity index (χ3n) is 4.53. The van der Waals surface area contributed by atoms with Crippen molar-refractivity contribution in [1.29, 1.82) is 0 Å². The zero-order chi connectivity index (χ0) is 23.6. The van der Waals surface area contributed by atoms with E-state index in [1.807, 2.05) is 19.1 Å². The maximum Gasteiger partial charge on any atom is 0.271 e. The Morgan fingerprint density at radius 3 is 2.42 bits per heavy atom. The van der Waals surface area contributed by atoms with Gasteiger partial charge in [-0.2, -0.15) is 5.10 Å². The predicted molar refractivity (Wildman–Crippen MR) is 131 cm³/mol. The fraction of sp³-hybridized carbons (Fsp3) is 0.200. The molecule has 3 aromatic rings. The molecule has 1 amide bonds. The van der Waals surface area contributed by atoms with E-state index in [9.17, 15) is 4.79 Å². The number of benzene rings is 3. The number of hydrogen-bond acceptors (Lipinski definition) is 5. The lowest BCUT2D eigenvalue weighted by atomic mass is 10.2. The van der Waals surface area contributed by atoms with Crippen LogP contribution in [0.4, 0.5) is 0 Å². The van der Waals surface area contributed by atoms with Crippen LogP contribution in [0.15, 0.2) is 65.8 Å². The zero-order valence-corrected chi connectivity index (χ0v) is 19.8. The first-order valence-electron chi connectivity index (χ1n) is 10.3. The maximum atomic E-state index is 12.4. The van der Waals surface area contributed by atoms with Gasteiger partial charge in [0.25, 0.3) is 5.91 Å². The molecule has 172 valence electrons. The van der Waals surface area contributed by atoms with Gasteiger partial charge in [-0.1, -0.05) is 42.3 Å². The molecular formula is C25H24Cl2N2O4. The largest absolute Gasteiger partial charge is 0.493 e. The fourth-order valence-electron chi connectivity index (χ4n) is 2.83. The van der Waals surface area contributed by atoms with Crippen LogP contribution in [0.25, 0.3) is 0 Å². The topological polar surface area (TPSA) is 69.2 Å². The molecule has 3 aromatic carbocycles. The molecule has 3 rings (SSSR count). The molecule has 0 saturated heterocycles. The van der Waals surface area contributed by atoms with Crippen LogP contribution in [0.3, 0.4) is 0 Å². The number of carbonyl (C=O) groups excluding carboxylic acids is 1. The molecule has 0 aliphatic heterocycles. The summed E-state index contributed by atoms with van der Waals surface area (Å²) in [6.45, 7) is 2.95.